The molecule has 1 aromatic carbocycles. The zero-order valence-electron chi connectivity index (χ0n) is 17.1. The van der Waals surface area contributed by atoms with Crippen molar-refractivity contribution in [3.8, 4) is 6.07 Å². The number of hydrogen-bond acceptors (Lipinski definition) is 6. The molecule has 0 N–H and O–H groups in total. The van der Waals surface area contributed by atoms with E-state index in [1.54, 1.807) is 6.92 Å². The fourth-order valence-electron chi connectivity index (χ4n) is 5.01. The summed E-state index contributed by atoms with van der Waals surface area (Å²) in [4.78, 5) is 22.1. The number of hydrogen-bond donors (Lipinski definition) is 0. The van der Waals surface area contributed by atoms with Gasteiger partial charge < -0.3 is 9.42 Å². The van der Waals surface area contributed by atoms with E-state index in [4.69, 9.17) is 4.52 Å². The molecule has 7 heteroatoms. The van der Waals surface area contributed by atoms with E-state index < -0.39 is 0 Å². The summed E-state index contributed by atoms with van der Waals surface area (Å²) in [7, 11) is 0. The normalized spacial score (nSPS) is 25.3. The van der Waals surface area contributed by atoms with Gasteiger partial charge in [-0.25, -0.2) is 0 Å². The largest absolute Gasteiger partial charge is 0.340 e. The van der Waals surface area contributed by atoms with Crippen LogP contribution < -0.4 is 0 Å². The lowest BCUT2D eigenvalue weighted by atomic mass is 9.67. The van der Waals surface area contributed by atoms with Gasteiger partial charge in [-0.15, -0.1) is 0 Å². The highest BCUT2D eigenvalue weighted by Crippen LogP contribution is 2.44. The summed E-state index contributed by atoms with van der Waals surface area (Å²) in [6.45, 7) is 6.72. The molecular weight excluding hydrogens is 366 g/mol. The van der Waals surface area contributed by atoms with Crippen LogP contribution in [0.2, 0.25) is 0 Å². The minimum atomic E-state index is -0.378. The number of likely N-dealkylation sites (tertiary alicyclic amines) is 2. The van der Waals surface area contributed by atoms with E-state index >= 15 is 0 Å². The first-order valence-corrected chi connectivity index (χ1v) is 10.3. The van der Waals surface area contributed by atoms with Crippen LogP contribution >= 0.6 is 0 Å². The van der Waals surface area contributed by atoms with E-state index in [1.165, 1.54) is 0 Å². The number of aromatic nitrogens is 2. The molecule has 0 unspecified atom stereocenters. The molecule has 0 saturated carbocycles. The molecule has 2 atom stereocenters. The highest BCUT2D eigenvalue weighted by atomic mass is 16.5. The van der Waals surface area contributed by atoms with Gasteiger partial charge in [-0.3, -0.25) is 9.69 Å². The summed E-state index contributed by atoms with van der Waals surface area (Å²) in [5.74, 6) is 1.29. The Labute approximate surface area is 171 Å². The molecule has 1 amide bonds. The van der Waals surface area contributed by atoms with Gasteiger partial charge in [-0.2, -0.15) is 10.2 Å². The standard InChI is InChI=1S/C22H27N5O2/c1-16-22(9-5-11-26(16)14-19-8-4-3-7-18(19)13-23)10-6-12-27(21(22)28)15-20-24-17(2)29-25-20/h3-4,7-8,16H,5-6,9-12,14-15H2,1-2H3/t16-,22-/m1/s1. The van der Waals surface area contributed by atoms with Crippen LogP contribution in [0.15, 0.2) is 28.8 Å². The SMILES string of the molecule is Cc1nc(CN2CCC[C@@]3(CCCN(Cc4ccccc4C#N)[C@@H]3C)C2=O)no1. The third kappa shape index (κ3) is 3.65. The van der Waals surface area contributed by atoms with Crippen molar-refractivity contribution in [2.45, 2.75) is 58.7 Å². The first kappa shape index (κ1) is 19.6. The Hall–Kier alpha value is -2.72. The van der Waals surface area contributed by atoms with Crippen molar-refractivity contribution in [2.24, 2.45) is 5.41 Å². The molecule has 2 fully saturated rings. The molecule has 1 aromatic heterocycles. The number of carbonyl (C=O) groups is 1. The van der Waals surface area contributed by atoms with Gasteiger partial charge in [-0.1, -0.05) is 23.4 Å². The van der Waals surface area contributed by atoms with Gasteiger partial charge in [-0.05, 0) is 50.8 Å². The second-order valence-electron chi connectivity index (χ2n) is 8.23. The van der Waals surface area contributed by atoms with Gasteiger partial charge in [0.25, 0.3) is 0 Å². The van der Waals surface area contributed by atoms with Crippen molar-refractivity contribution in [3.05, 3.63) is 47.1 Å². The van der Waals surface area contributed by atoms with Crippen LogP contribution in [-0.4, -0.2) is 45.0 Å². The van der Waals surface area contributed by atoms with Crippen molar-refractivity contribution in [1.82, 2.24) is 19.9 Å². The van der Waals surface area contributed by atoms with Gasteiger partial charge in [0.1, 0.15) is 0 Å². The first-order chi connectivity index (χ1) is 14.0. The Balaban J connectivity index is 1.54. The van der Waals surface area contributed by atoms with E-state index in [-0.39, 0.29) is 17.4 Å². The topological polar surface area (TPSA) is 86.3 Å². The van der Waals surface area contributed by atoms with Gasteiger partial charge in [0.05, 0.1) is 23.6 Å². The Morgan fingerprint density at radius 1 is 1.24 bits per heavy atom. The van der Waals surface area contributed by atoms with Gasteiger partial charge >= 0.3 is 0 Å². The fourth-order valence-corrected chi connectivity index (χ4v) is 5.01. The van der Waals surface area contributed by atoms with Crippen molar-refractivity contribution >= 4 is 5.91 Å². The molecule has 2 aliphatic heterocycles. The molecule has 1 spiro atoms. The van der Waals surface area contributed by atoms with Crippen LogP contribution in [-0.2, 0) is 17.9 Å². The van der Waals surface area contributed by atoms with E-state index in [0.29, 0.717) is 30.4 Å². The molecule has 7 nitrogen and oxygen atoms in total. The Morgan fingerprint density at radius 3 is 2.72 bits per heavy atom. The van der Waals surface area contributed by atoms with Crippen molar-refractivity contribution < 1.29 is 9.32 Å². The highest BCUT2D eigenvalue weighted by molar-refractivity contribution is 5.84. The molecule has 0 radical (unpaired) electrons. The second kappa shape index (κ2) is 7.96. The molecular formula is C22H27N5O2. The molecule has 0 aliphatic carbocycles. The lowest BCUT2D eigenvalue weighted by Crippen LogP contribution is -2.60. The second-order valence-corrected chi connectivity index (χ2v) is 8.23. The van der Waals surface area contributed by atoms with Crippen LogP contribution in [0.1, 0.15) is 55.4 Å². The van der Waals surface area contributed by atoms with E-state index in [0.717, 1.165) is 44.3 Å². The Morgan fingerprint density at radius 2 is 2.00 bits per heavy atom. The average molecular weight is 393 g/mol. The molecule has 0 bridgehead atoms. The van der Waals surface area contributed by atoms with Crippen LogP contribution in [0, 0.1) is 23.7 Å². The Kier molecular flexibility index (Phi) is 5.37. The molecule has 2 aromatic rings. The third-order valence-electron chi connectivity index (χ3n) is 6.59. The predicted octanol–water partition coefficient (Wildman–Crippen LogP) is 3.04. The quantitative estimate of drug-likeness (QED) is 0.794. The number of amides is 1. The summed E-state index contributed by atoms with van der Waals surface area (Å²) in [5.41, 5.74) is 1.36. The minimum Gasteiger partial charge on any atom is -0.340 e. The number of rotatable bonds is 4. The smallest absolute Gasteiger partial charge is 0.230 e. The van der Waals surface area contributed by atoms with Gasteiger partial charge in [0.15, 0.2) is 5.82 Å². The number of piperidine rings is 2. The monoisotopic (exact) mass is 393 g/mol. The lowest BCUT2D eigenvalue weighted by Gasteiger charge is -2.51. The number of carbonyl (C=O) groups excluding carboxylic acids is 1. The zero-order valence-corrected chi connectivity index (χ0v) is 17.1. The third-order valence-corrected chi connectivity index (χ3v) is 6.59. The summed E-state index contributed by atoms with van der Waals surface area (Å²) in [6, 6.07) is 10.2. The summed E-state index contributed by atoms with van der Waals surface area (Å²) in [5, 5.41) is 13.4. The van der Waals surface area contributed by atoms with Gasteiger partial charge in [0.2, 0.25) is 11.8 Å². The Bertz CT molecular complexity index is 929. The van der Waals surface area contributed by atoms with E-state index in [2.05, 4.69) is 28.0 Å². The summed E-state index contributed by atoms with van der Waals surface area (Å²) < 4.78 is 5.07. The van der Waals surface area contributed by atoms with E-state index in [1.807, 2.05) is 29.2 Å². The first-order valence-electron chi connectivity index (χ1n) is 10.3. The lowest BCUT2D eigenvalue weighted by molar-refractivity contribution is -0.156. The average Bonchev–Trinajstić information content (AvgIpc) is 3.14. The number of nitriles is 1. The zero-order chi connectivity index (χ0) is 20.4. The predicted molar refractivity (Wildman–Crippen MR) is 106 cm³/mol. The highest BCUT2D eigenvalue weighted by Gasteiger charge is 2.51. The maximum atomic E-state index is 13.6. The van der Waals surface area contributed by atoms with Crippen LogP contribution in [0.25, 0.3) is 0 Å². The van der Waals surface area contributed by atoms with Crippen molar-refractivity contribution in [2.75, 3.05) is 13.1 Å². The molecule has 3 heterocycles. The maximum Gasteiger partial charge on any atom is 0.230 e. The van der Waals surface area contributed by atoms with Crippen LogP contribution in [0.5, 0.6) is 0 Å². The minimum absolute atomic E-state index is 0.116. The van der Waals surface area contributed by atoms with Gasteiger partial charge in [0, 0.05) is 26.1 Å². The fraction of sp³-hybridized carbons (Fsp3) is 0.545. The van der Waals surface area contributed by atoms with Crippen molar-refractivity contribution in [1.29, 1.82) is 5.26 Å². The van der Waals surface area contributed by atoms with Crippen molar-refractivity contribution in [3.63, 3.8) is 0 Å². The molecule has 4 rings (SSSR count). The maximum absolute atomic E-state index is 13.6. The number of nitrogens with zero attached hydrogens (tertiary/aromatic N) is 5. The summed E-state index contributed by atoms with van der Waals surface area (Å²) in [6.07, 6.45) is 3.78. The van der Waals surface area contributed by atoms with Crippen LogP contribution in [0.3, 0.4) is 0 Å². The number of aryl methyl sites for hydroxylation is 1. The number of benzene rings is 1. The molecule has 2 aliphatic rings. The molecule has 29 heavy (non-hydrogen) atoms. The molecule has 2 saturated heterocycles. The summed E-state index contributed by atoms with van der Waals surface area (Å²) >= 11 is 0. The van der Waals surface area contributed by atoms with E-state index in [9.17, 15) is 10.1 Å². The van der Waals surface area contributed by atoms with Crippen LogP contribution in [0.4, 0.5) is 0 Å². The molecule has 152 valence electrons.